The van der Waals surface area contributed by atoms with Crippen molar-refractivity contribution in [1.29, 1.82) is 0 Å². The van der Waals surface area contributed by atoms with Crippen LogP contribution in [0.4, 0.5) is 0 Å². The minimum atomic E-state index is 0. The minimum Gasteiger partial charge on any atom is -0.330 e. The van der Waals surface area contributed by atoms with Gasteiger partial charge >= 0.3 is 0 Å². The van der Waals surface area contributed by atoms with E-state index in [0.717, 1.165) is 26.2 Å². The number of likely N-dealkylation sites (tertiary alicyclic amines) is 1. The highest BCUT2D eigenvalue weighted by molar-refractivity contribution is 5.85. The highest BCUT2D eigenvalue weighted by Crippen LogP contribution is 2.34. The van der Waals surface area contributed by atoms with Crippen LogP contribution in [0.1, 0.15) is 22.6 Å². The summed E-state index contributed by atoms with van der Waals surface area (Å²) in [7, 11) is 2.01. The van der Waals surface area contributed by atoms with Crippen LogP contribution in [0.3, 0.4) is 0 Å². The Labute approximate surface area is 173 Å². The van der Waals surface area contributed by atoms with E-state index in [1.54, 1.807) is 0 Å². The molecular formula is C23H29ClN4. The Morgan fingerprint density at radius 3 is 2.54 bits per heavy atom. The molecule has 0 spiro atoms. The molecule has 2 atom stereocenters. The molecule has 2 heterocycles. The first-order chi connectivity index (χ1) is 13.2. The maximum absolute atomic E-state index is 6.13. The first-order valence-electron chi connectivity index (χ1n) is 9.71. The summed E-state index contributed by atoms with van der Waals surface area (Å²) in [5.41, 5.74) is 12.6. The Hall–Kier alpha value is -2.14. The summed E-state index contributed by atoms with van der Waals surface area (Å²) in [4.78, 5) is 2.56. The number of hydrogen-bond acceptors (Lipinski definition) is 3. The molecule has 0 radical (unpaired) electrons. The average Bonchev–Trinajstić information content (AvgIpc) is 3.30. The van der Waals surface area contributed by atoms with Gasteiger partial charge in [-0.15, -0.1) is 12.4 Å². The number of aromatic nitrogens is 2. The van der Waals surface area contributed by atoms with Crippen molar-refractivity contribution in [1.82, 2.24) is 14.7 Å². The van der Waals surface area contributed by atoms with Crippen molar-refractivity contribution in [2.75, 3.05) is 19.6 Å². The second-order valence-corrected chi connectivity index (χ2v) is 7.71. The molecule has 1 fully saturated rings. The van der Waals surface area contributed by atoms with Crippen LogP contribution in [0.2, 0.25) is 0 Å². The van der Waals surface area contributed by atoms with Gasteiger partial charge < -0.3 is 5.73 Å². The molecule has 4 nitrogen and oxygen atoms in total. The van der Waals surface area contributed by atoms with Gasteiger partial charge in [-0.05, 0) is 42.6 Å². The Bertz CT molecular complexity index is 906. The third kappa shape index (κ3) is 4.14. The quantitative estimate of drug-likeness (QED) is 0.709. The van der Waals surface area contributed by atoms with Crippen molar-refractivity contribution in [3.05, 3.63) is 77.5 Å². The van der Waals surface area contributed by atoms with Crippen LogP contribution in [0.25, 0.3) is 11.3 Å². The van der Waals surface area contributed by atoms with E-state index in [4.69, 9.17) is 5.73 Å². The lowest BCUT2D eigenvalue weighted by Gasteiger charge is -2.19. The molecule has 1 aliphatic rings. The van der Waals surface area contributed by atoms with Crippen molar-refractivity contribution in [3.63, 3.8) is 0 Å². The lowest BCUT2D eigenvalue weighted by atomic mass is 9.89. The van der Waals surface area contributed by atoms with Gasteiger partial charge in [-0.3, -0.25) is 9.58 Å². The average molecular weight is 397 g/mol. The SMILES string of the molecule is Cc1ccc(CN2C[C@@H](CN)[C@H](c3ccccc3)C2)c(-c2ccnn2C)c1.Cl. The van der Waals surface area contributed by atoms with E-state index in [2.05, 4.69) is 71.5 Å². The molecule has 1 aliphatic heterocycles. The molecule has 0 aliphatic carbocycles. The molecule has 0 amide bonds. The van der Waals surface area contributed by atoms with Gasteiger partial charge in [-0.2, -0.15) is 5.10 Å². The summed E-state index contributed by atoms with van der Waals surface area (Å²) in [6.07, 6.45) is 1.87. The van der Waals surface area contributed by atoms with Crippen LogP contribution >= 0.6 is 12.4 Å². The molecule has 0 saturated carbocycles. The zero-order chi connectivity index (χ0) is 18.8. The van der Waals surface area contributed by atoms with E-state index < -0.39 is 0 Å². The van der Waals surface area contributed by atoms with E-state index in [1.165, 1.54) is 27.9 Å². The number of hydrogen-bond donors (Lipinski definition) is 1. The molecule has 2 aromatic carbocycles. The van der Waals surface area contributed by atoms with E-state index in [0.29, 0.717) is 11.8 Å². The van der Waals surface area contributed by atoms with Crippen LogP contribution in [0.5, 0.6) is 0 Å². The van der Waals surface area contributed by atoms with Crippen LogP contribution in [-0.2, 0) is 13.6 Å². The minimum absolute atomic E-state index is 0. The molecule has 1 saturated heterocycles. The van der Waals surface area contributed by atoms with Crippen LogP contribution in [-0.4, -0.2) is 34.3 Å². The van der Waals surface area contributed by atoms with Gasteiger partial charge in [0.1, 0.15) is 0 Å². The Kier molecular flexibility index (Phi) is 6.55. The second kappa shape index (κ2) is 8.91. The zero-order valence-electron chi connectivity index (χ0n) is 16.6. The van der Waals surface area contributed by atoms with Crippen LogP contribution < -0.4 is 5.73 Å². The number of halogens is 1. The van der Waals surface area contributed by atoms with Gasteiger partial charge in [-0.1, -0.05) is 48.0 Å². The first kappa shape index (κ1) is 20.6. The van der Waals surface area contributed by atoms with Gasteiger partial charge in [0.2, 0.25) is 0 Å². The number of nitrogens with two attached hydrogens (primary N) is 1. The summed E-state index contributed by atoms with van der Waals surface area (Å²) in [6.45, 7) is 5.94. The van der Waals surface area contributed by atoms with Gasteiger partial charge in [0, 0.05) is 44.4 Å². The van der Waals surface area contributed by atoms with Gasteiger partial charge in [0.25, 0.3) is 0 Å². The van der Waals surface area contributed by atoms with Crippen molar-refractivity contribution >= 4 is 12.4 Å². The fraction of sp³-hybridized carbons (Fsp3) is 0.348. The summed E-state index contributed by atoms with van der Waals surface area (Å²) >= 11 is 0. The van der Waals surface area contributed by atoms with Crippen molar-refractivity contribution < 1.29 is 0 Å². The third-order valence-corrected chi connectivity index (χ3v) is 5.80. The Balaban J connectivity index is 0.00000225. The molecule has 0 unspecified atom stereocenters. The summed E-state index contributed by atoms with van der Waals surface area (Å²) in [5.74, 6) is 1.03. The predicted octanol–water partition coefficient (Wildman–Crippen LogP) is 3.99. The largest absolute Gasteiger partial charge is 0.330 e. The van der Waals surface area contributed by atoms with Crippen molar-refractivity contribution in [2.45, 2.75) is 19.4 Å². The Morgan fingerprint density at radius 2 is 1.86 bits per heavy atom. The Morgan fingerprint density at radius 1 is 1.07 bits per heavy atom. The fourth-order valence-corrected chi connectivity index (χ4v) is 4.35. The van der Waals surface area contributed by atoms with Gasteiger partial charge in [0.05, 0.1) is 5.69 Å². The van der Waals surface area contributed by atoms with E-state index in [-0.39, 0.29) is 12.4 Å². The normalized spacial score (nSPS) is 19.5. The standard InChI is InChI=1S/C23H28N4.ClH/c1-17-8-9-19(21(12-17)23-10-11-25-26(23)2)14-27-15-20(13-24)22(16-27)18-6-4-3-5-7-18;/h3-12,20,22H,13-16,24H2,1-2H3;1H/t20-,22+;/m1./s1. The number of rotatable bonds is 5. The summed E-state index contributed by atoms with van der Waals surface area (Å²) < 4.78 is 1.96. The van der Waals surface area contributed by atoms with E-state index >= 15 is 0 Å². The summed E-state index contributed by atoms with van der Waals surface area (Å²) in [6, 6.07) is 19.7. The smallest absolute Gasteiger partial charge is 0.0682 e. The van der Waals surface area contributed by atoms with Crippen LogP contribution in [0, 0.1) is 12.8 Å². The van der Waals surface area contributed by atoms with Crippen molar-refractivity contribution in [2.24, 2.45) is 18.7 Å². The maximum Gasteiger partial charge on any atom is 0.0682 e. The molecule has 28 heavy (non-hydrogen) atoms. The fourth-order valence-electron chi connectivity index (χ4n) is 4.35. The maximum atomic E-state index is 6.13. The first-order valence-corrected chi connectivity index (χ1v) is 9.71. The van der Waals surface area contributed by atoms with E-state index in [9.17, 15) is 0 Å². The lowest BCUT2D eigenvalue weighted by molar-refractivity contribution is 0.317. The third-order valence-electron chi connectivity index (χ3n) is 5.80. The highest BCUT2D eigenvalue weighted by Gasteiger charge is 2.33. The molecule has 0 bridgehead atoms. The zero-order valence-corrected chi connectivity index (χ0v) is 17.4. The van der Waals surface area contributed by atoms with Gasteiger partial charge in [0.15, 0.2) is 0 Å². The lowest BCUT2D eigenvalue weighted by Crippen LogP contribution is -2.23. The molecule has 2 N–H and O–H groups in total. The molecule has 4 rings (SSSR count). The number of benzene rings is 2. The number of aryl methyl sites for hydroxylation is 2. The molecule has 148 valence electrons. The van der Waals surface area contributed by atoms with Crippen molar-refractivity contribution in [3.8, 4) is 11.3 Å². The molecule has 1 aromatic heterocycles. The molecule has 3 aromatic rings. The highest BCUT2D eigenvalue weighted by atomic mass is 35.5. The van der Waals surface area contributed by atoms with E-state index in [1.807, 2.05) is 17.9 Å². The monoisotopic (exact) mass is 396 g/mol. The topological polar surface area (TPSA) is 47.1 Å². The molecular weight excluding hydrogens is 368 g/mol. The van der Waals surface area contributed by atoms with Crippen LogP contribution in [0.15, 0.2) is 60.8 Å². The predicted molar refractivity (Wildman–Crippen MR) is 118 cm³/mol. The number of nitrogens with zero attached hydrogens (tertiary/aromatic N) is 3. The van der Waals surface area contributed by atoms with Gasteiger partial charge in [-0.25, -0.2) is 0 Å². The molecule has 5 heteroatoms. The summed E-state index contributed by atoms with van der Waals surface area (Å²) in [5, 5.41) is 4.36. The second-order valence-electron chi connectivity index (χ2n) is 7.71.